The predicted molar refractivity (Wildman–Crippen MR) is 89.2 cm³/mol. The number of methoxy groups -OCH3 is 1. The lowest BCUT2D eigenvalue weighted by atomic mass is 10.3. The number of rotatable bonds is 9. The molecule has 2 aromatic rings. The normalized spacial score (nSPS) is 10.2. The lowest BCUT2D eigenvalue weighted by molar-refractivity contribution is 0.311. The number of nitrogens with zero attached hydrogens (tertiary/aromatic N) is 3. The number of hydrogen-bond acceptors (Lipinski definition) is 9. The van der Waals surface area contributed by atoms with Gasteiger partial charge in [0.25, 0.3) is 0 Å². The molecule has 0 radical (unpaired) electrons. The summed E-state index contributed by atoms with van der Waals surface area (Å²) in [5.41, 5.74) is 6.29. The summed E-state index contributed by atoms with van der Waals surface area (Å²) in [4.78, 5) is 12.7. The van der Waals surface area contributed by atoms with E-state index in [-0.39, 0.29) is 6.61 Å². The molecule has 0 atom stereocenters. The van der Waals surface area contributed by atoms with Gasteiger partial charge in [0.2, 0.25) is 17.8 Å². The number of ether oxygens (including phenoxy) is 1. The van der Waals surface area contributed by atoms with Crippen molar-refractivity contribution in [1.29, 1.82) is 0 Å². The molecule has 9 nitrogen and oxygen atoms in total. The zero-order valence-corrected chi connectivity index (χ0v) is 12.9. The van der Waals surface area contributed by atoms with E-state index < -0.39 is 0 Å². The molecule has 0 unspecified atom stereocenters. The SMILES string of the molecule is COc1ccc(Nc2nc(NCCN)nc(NCCO)n2)cc1. The van der Waals surface area contributed by atoms with Crippen molar-refractivity contribution in [3.05, 3.63) is 24.3 Å². The van der Waals surface area contributed by atoms with E-state index in [0.717, 1.165) is 11.4 Å². The summed E-state index contributed by atoms with van der Waals surface area (Å²) in [5.74, 6) is 1.92. The number of aliphatic hydroxyl groups is 1. The Balaban J connectivity index is 2.16. The summed E-state index contributed by atoms with van der Waals surface area (Å²) in [6.07, 6.45) is 0. The van der Waals surface area contributed by atoms with Gasteiger partial charge in [-0.15, -0.1) is 0 Å². The Morgan fingerprint density at radius 1 is 1.00 bits per heavy atom. The maximum absolute atomic E-state index is 8.90. The lowest BCUT2D eigenvalue weighted by Gasteiger charge is -2.11. The quantitative estimate of drug-likeness (QED) is 0.445. The predicted octanol–water partition coefficient (Wildman–Crippen LogP) is 0.399. The molecule has 0 aliphatic heterocycles. The molecule has 0 bridgehead atoms. The maximum Gasteiger partial charge on any atom is 0.233 e. The van der Waals surface area contributed by atoms with Crippen molar-refractivity contribution in [3.8, 4) is 5.75 Å². The number of anilines is 4. The summed E-state index contributed by atoms with van der Waals surface area (Å²) in [6, 6.07) is 7.39. The van der Waals surface area contributed by atoms with Gasteiger partial charge in [-0.25, -0.2) is 0 Å². The van der Waals surface area contributed by atoms with Crippen LogP contribution >= 0.6 is 0 Å². The smallest absolute Gasteiger partial charge is 0.233 e. The topological polar surface area (TPSA) is 130 Å². The number of benzene rings is 1. The Hall–Kier alpha value is -2.65. The summed E-state index contributed by atoms with van der Waals surface area (Å²) in [7, 11) is 1.61. The first-order valence-corrected chi connectivity index (χ1v) is 7.21. The summed E-state index contributed by atoms with van der Waals surface area (Å²) < 4.78 is 5.12. The Morgan fingerprint density at radius 2 is 1.61 bits per heavy atom. The highest BCUT2D eigenvalue weighted by molar-refractivity contribution is 5.56. The minimum atomic E-state index is -0.0154. The molecule has 9 heteroatoms. The van der Waals surface area contributed by atoms with E-state index in [0.29, 0.717) is 37.5 Å². The highest BCUT2D eigenvalue weighted by Gasteiger charge is 2.06. The van der Waals surface area contributed by atoms with Crippen molar-refractivity contribution in [3.63, 3.8) is 0 Å². The van der Waals surface area contributed by atoms with Gasteiger partial charge >= 0.3 is 0 Å². The molecule has 124 valence electrons. The third-order valence-electron chi connectivity index (χ3n) is 2.80. The molecule has 1 aromatic heterocycles. The molecule has 1 aromatic carbocycles. The van der Waals surface area contributed by atoms with E-state index >= 15 is 0 Å². The lowest BCUT2D eigenvalue weighted by Crippen LogP contribution is -2.17. The summed E-state index contributed by atoms with van der Waals surface area (Å²) in [5, 5.41) is 17.9. The van der Waals surface area contributed by atoms with Crippen molar-refractivity contribution in [2.75, 3.05) is 49.3 Å². The Labute approximate surface area is 134 Å². The molecule has 0 saturated carbocycles. The maximum atomic E-state index is 8.90. The molecule has 23 heavy (non-hydrogen) atoms. The van der Waals surface area contributed by atoms with E-state index in [4.69, 9.17) is 15.6 Å². The molecule has 0 aliphatic carbocycles. The van der Waals surface area contributed by atoms with E-state index in [2.05, 4.69) is 30.9 Å². The van der Waals surface area contributed by atoms with Gasteiger partial charge in [-0.2, -0.15) is 15.0 Å². The fourth-order valence-electron chi connectivity index (χ4n) is 1.75. The average molecular weight is 319 g/mol. The van der Waals surface area contributed by atoms with Gasteiger partial charge in [0.15, 0.2) is 0 Å². The van der Waals surface area contributed by atoms with Crippen molar-refractivity contribution >= 4 is 23.5 Å². The van der Waals surface area contributed by atoms with E-state index in [9.17, 15) is 0 Å². The van der Waals surface area contributed by atoms with Crippen molar-refractivity contribution in [2.24, 2.45) is 5.73 Å². The van der Waals surface area contributed by atoms with Crippen LogP contribution in [0.15, 0.2) is 24.3 Å². The number of aliphatic hydroxyl groups excluding tert-OH is 1. The molecule has 0 spiro atoms. The second-order valence-electron chi connectivity index (χ2n) is 4.53. The van der Waals surface area contributed by atoms with E-state index in [1.807, 2.05) is 24.3 Å². The fraction of sp³-hybridized carbons (Fsp3) is 0.357. The summed E-state index contributed by atoms with van der Waals surface area (Å²) in [6.45, 7) is 1.35. The summed E-state index contributed by atoms with van der Waals surface area (Å²) >= 11 is 0. The van der Waals surface area contributed by atoms with Gasteiger partial charge in [0.1, 0.15) is 5.75 Å². The molecular formula is C14H21N7O2. The highest BCUT2D eigenvalue weighted by atomic mass is 16.5. The van der Waals surface area contributed by atoms with Gasteiger partial charge in [-0.05, 0) is 24.3 Å². The average Bonchev–Trinajstić information content (AvgIpc) is 2.58. The third-order valence-corrected chi connectivity index (χ3v) is 2.80. The molecule has 0 amide bonds. The zero-order valence-electron chi connectivity index (χ0n) is 12.9. The number of aromatic nitrogens is 3. The van der Waals surface area contributed by atoms with Gasteiger partial charge in [-0.3, -0.25) is 0 Å². The molecular weight excluding hydrogens is 298 g/mol. The van der Waals surface area contributed by atoms with Gasteiger partial charge in [0.05, 0.1) is 13.7 Å². The first-order chi connectivity index (χ1) is 11.2. The monoisotopic (exact) mass is 319 g/mol. The molecule has 2 rings (SSSR count). The Kier molecular flexibility index (Phi) is 6.33. The van der Waals surface area contributed by atoms with Crippen molar-refractivity contribution in [1.82, 2.24) is 15.0 Å². The number of nitrogens with two attached hydrogens (primary N) is 1. The van der Waals surface area contributed by atoms with Crippen LogP contribution in [0.5, 0.6) is 5.75 Å². The first-order valence-electron chi connectivity index (χ1n) is 7.21. The van der Waals surface area contributed by atoms with Gasteiger partial charge in [0, 0.05) is 25.3 Å². The molecule has 0 fully saturated rings. The molecule has 1 heterocycles. The Morgan fingerprint density at radius 3 is 2.17 bits per heavy atom. The van der Waals surface area contributed by atoms with Crippen LogP contribution in [0.2, 0.25) is 0 Å². The van der Waals surface area contributed by atoms with Crippen LogP contribution in [0.4, 0.5) is 23.5 Å². The fourth-order valence-corrected chi connectivity index (χ4v) is 1.75. The van der Waals surface area contributed by atoms with Gasteiger partial charge in [-0.1, -0.05) is 0 Å². The van der Waals surface area contributed by atoms with E-state index in [1.54, 1.807) is 7.11 Å². The van der Waals surface area contributed by atoms with Crippen LogP contribution in [0.3, 0.4) is 0 Å². The number of nitrogens with one attached hydrogen (secondary N) is 3. The zero-order chi connectivity index (χ0) is 16.5. The molecule has 0 saturated heterocycles. The minimum Gasteiger partial charge on any atom is -0.497 e. The molecule has 0 aliphatic rings. The Bertz CT molecular complexity index is 580. The molecule has 6 N–H and O–H groups in total. The van der Waals surface area contributed by atoms with Crippen LogP contribution in [0.25, 0.3) is 0 Å². The van der Waals surface area contributed by atoms with E-state index in [1.165, 1.54) is 0 Å². The van der Waals surface area contributed by atoms with Crippen molar-refractivity contribution in [2.45, 2.75) is 0 Å². The third kappa shape index (κ3) is 5.24. The van der Waals surface area contributed by atoms with Crippen molar-refractivity contribution < 1.29 is 9.84 Å². The first kappa shape index (κ1) is 16.7. The van der Waals surface area contributed by atoms with Crippen LogP contribution in [0.1, 0.15) is 0 Å². The second kappa shape index (κ2) is 8.71. The van der Waals surface area contributed by atoms with Crippen LogP contribution in [-0.2, 0) is 0 Å². The minimum absolute atomic E-state index is 0.0154. The number of hydrogen-bond donors (Lipinski definition) is 5. The highest BCUT2D eigenvalue weighted by Crippen LogP contribution is 2.19. The van der Waals surface area contributed by atoms with Gasteiger partial charge < -0.3 is 31.5 Å². The van der Waals surface area contributed by atoms with Crippen LogP contribution in [-0.4, -0.2) is 53.4 Å². The second-order valence-corrected chi connectivity index (χ2v) is 4.53. The van der Waals surface area contributed by atoms with Crippen LogP contribution in [0, 0.1) is 0 Å². The largest absolute Gasteiger partial charge is 0.497 e. The van der Waals surface area contributed by atoms with Crippen LogP contribution < -0.4 is 26.4 Å². The standard InChI is InChI=1S/C14H21N7O2/c1-23-11-4-2-10(3-5-11)18-14-20-12(16-7-6-15)19-13(21-14)17-8-9-22/h2-5,22H,6-9,15H2,1H3,(H3,16,17,18,19,20,21).